The highest BCUT2D eigenvalue weighted by Gasteiger charge is 2.25. The van der Waals surface area contributed by atoms with Crippen molar-refractivity contribution in [2.24, 2.45) is 0 Å². The van der Waals surface area contributed by atoms with E-state index in [1.54, 1.807) is 0 Å². The van der Waals surface area contributed by atoms with Crippen molar-refractivity contribution in [3.63, 3.8) is 0 Å². The zero-order chi connectivity index (χ0) is 24.9. The summed E-state index contributed by atoms with van der Waals surface area (Å²) in [7, 11) is 0. The first-order chi connectivity index (χ1) is 17.1. The molecule has 3 rings (SSSR count). The number of halogens is 1. The second-order valence-electron chi connectivity index (χ2n) is 9.06. The van der Waals surface area contributed by atoms with E-state index in [0.717, 1.165) is 67.4 Å². The smallest absolute Gasteiger partial charge is 0.305 e. The van der Waals surface area contributed by atoms with Crippen LogP contribution in [0.2, 0.25) is 5.02 Å². The van der Waals surface area contributed by atoms with E-state index in [4.69, 9.17) is 25.8 Å². The van der Waals surface area contributed by atoms with E-state index >= 15 is 0 Å². The Balaban J connectivity index is 1.49. The third-order valence-corrected chi connectivity index (χ3v) is 6.57. The summed E-state index contributed by atoms with van der Waals surface area (Å²) in [6, 6.07) is 14.1. The van der Waals surface area contributed by atoms with Crippen molar-refractivity contribution in [2.45, 2.75) is 83.8 Å². The number of carbonyl (C=O) groups is 1. The highest BCUT2D eigenvalue weighted by atomic mass is 35.5. The van der Waals surface area contributed by atoms with Crippen LogP contribution < -0.4 is 4.74 Å². The molecule has 0 bridgehead atoms. The molecule has 0 amide bonds. The molecule has 0 unspecified atom stereocenters. The first kappa shape index (κ1) is 27.3. The number of hydrogen-bond acceptors (Lipinski definition) is 4. The Morgan fingerprint density at radius 2 is 1.86 bits per heavy atom. The molecule has 4 nitrogen and oxygen atoms in total. The molecule has 1 fully saturated rings. The second kappa shape index (κ2) is 15.0. The van der Waals surface area contributed by atoms with Crippen molar-refractivity contribution >= 4 is 17.6 Å². The molecule has 2 aromatic rings. The quantitative estimate of drug-likeness (QED) is 0.158. The Kier molecular flexibility index (Phi) is 11.7. The van der Waals surface area contributed by atoms with Crippen LogP contribution in [0.3, 0.4) is 0 Å². The molecule has 0 aromatic heterocycles. The van der Waals surface area contributed by atoms with E-state index in [1.165, 1.54) is 6.42 Å². The normalized spacial score (nSPS) is 18.0. The number of allylic oxidation sites excluding steroid dienone is 2. The van der Waals surface area contributed by atoms with Crippen molar-refractivity contribution in [1.29, 1.82) is 0 Å². The Labute approximate surface area is 215 Å². The minimum atomic E-state index is -0.127. The van der Waals surface area contributed by atoms with E-state index in [2.05, 4.69) is 25.1 Å². The summed E-state index contributed by atoms with van der Waals surface area (Å²) in [5, 5.41) is 0.708. The van der Waals surface area contributed by atoms with E-state index in [-0.39, 0.29) is 18.2 Å². The number of carbonyl (C=O) groups excluding carboxylic acids is 1. The summed E-state index contributed by atoms with van der Waals surface area (Å²) in [6.45, 7) is 5.11. The van der Waals surface area contributed by atoms with Crippen molar-refractivity contribution < 1.29 is 19.0 Å². The molecule has 2 aromatic carbocycles. The van der Waals surface area contributed by atoms with Crippen molar-refractivity contribution in [3.8, 4) is 16.9 Å². The Hall–Kier alpha value is -2.30. The van der Waals surface area contributed by atoms with Gasteiger partial charge in [-0.1, -0.05) is 55.3 Å². The third kappa shape index (κ3) is 9.01. The van der Waals surface area contributed by atoms with Crippen LogP contribution in [-0.2, 0) is 14.3 Å². The summed E-state index contributed by atoms with van der Waals surface area (Å²) >= 11 is 6.53. The molecule has 190 valence electrons. The van der Waals surface area contributed by atoms with Crippen LogP contribution in [-0.4, -0.2) is 25.3 Å². The fourth-order valence-corrected chi connectivity index (χ4v) is 4.55. The average molecular weight is 499 g/mol. The van der Waals surface area contributed by atoms with Crippen LogP contribution in [0.4, 0.5) is 0 Å². The number of ether oxygens (including phenoxy) is 3. The zero-order valence-corrected chi connectivity index (χ0v) is 21.9. The Bertz CT molecular complexity index is 938. The fraction of sp³-hybridized carbons (Fsp3) is 0.500. The maximum atomic E-state index is 12.2. The van der Waals surface area contributed by atoms with Gasteiger partial charge in [0.25, 0.3) is 0 Å². The number of hydrogen-bond donors (Lipinski definition) is 0. The molecule has 0 aliphatic carbocycles. The minimum absolute atomic E-state index is 0.0268. The fourth-order valence-electron chi connectivity index (χ4n) is 4.32. The van der Waals surface area contributed by atoms with Gasteiger partial charge in [0.1, 0.15) is 12.4 Å². The van der Waals surface area contributed by atoms with Gasteiger partial charge in [-0.3, -0.25) is 4.79 Å². The van der Waals surface area contributed by atoms with Gasteiger partial charge in [-0.05, 0) is 87.3 Å². The van der Waals surface area contributed by atoms with Crippen molar-refractivity contribution in [2.75, 3.05) is 13.2 Å². The lowest BCUT2D eigenvalue weighted by molar-refractivity contribution is -0.152. The van der Waals surface area contributed by atoms with E-state index in [1.807, 2.05) is 43.3 Å². The van der Waals surface area contributed by atoms with Gasteiger partial charge in [0.05, 0.1) is 18.8 Å². The first-order valence-corrected chi connectivity index (χ1v) is 13.5. The maximum Gasteiger partial charge on any atom is 0.305 e. The molecule has 35 heavy (non-hydrogen) atoms. The first-order valence-electron chi connectivity index (χ1n) is 13.1. The number of esters is 1. The largest absolute Gasteiger partial charge is 0.494 e. The van der Waals surface area contributed by atoms with Crippen LogP contribution in [0, 0.1) is 0 Å². The van der Waals surface area contributed by atoms with Crippen molar-refractivity contribution in [3.05, 3.63) is 65.2 Å². The molecule has 0 radical (unpaired) electrons. The van der Waals surface area contributed by atoms with Gasteiger partial charge in [-0.2, -0.15) is 0 Å². The van der Waals surface area contributed by atoms with E-state index < -0.39 is 0 Å². The summed E-state index contributed by atoms with van der Waals surface area (Å²) in [5.41, 5.74) is 3.13. The number of rotatable bonds is 13. The van der Waals surface area contributed by atoms with Crippen molar-refractivity contribution in [1.82, 2.24) is 0 Å². The molecule has 1 aliphatic heterocycles. The van der Waals surface area contributed by atoms with Gasteiger partial charge in [0.2, 0.25) is 0 Å². The molecule has 1 heterocycles. The predicted molar refractivity (Wildman–Crippen MR) is 143 cm³/mol. The Morgan fingerprint density at radius 1 is 1.06 bits per heavy atom. The van der Waals surface area contributed by atoms with Crippen LogP contribution >= 0.6 is 11.6 Å². The molecule has 5 heteroatoms. The van der Waals surface area contributed by atoms with Crippen LogP contribution in [0.25, 0.3) is 11.1 Å². The average Bonchev–Trinajstić information content (AvgIpc) is 2.88. The summed E-state index contributed by atoms with van der Waals surface area (Å²) in [5.74, 6) is 0.720. The Morgan fingerprint density at radius 3 is 2.63 bits per heavy atom. The number of unbranched alkanes of at least 4 members (excludes halogenated alkanes) is 3. The monoisotopic (exact) mass is 498 g/mol. The van der Waals surface area contributed by atoms with Gasteiger partial charge < -0.3 is 14.2 Å². The topological polar surface area (TPSA) is 44.8 Å². The highest BCUT2D eigenvalue weighted by molar-refractivity contribution is 6.33. The van der Waals surface area contributed by atoms with Gasteiger partial charge in [0.15, 0.2) is 0 Å². The highest BCUT2D eigenvalue weighted by Crippen LogP contribution is 2.36. The van der Waals surface area contributed by atoms with Gasteiger partial charge in [0, 0.05) is 17.0 Å². The predicted octanol–water partition coefficient (Wildman–Crippen LogP) is 8.48. The summed E-state index contributed by atoms with van der Waals surface area (Å²) < 4.78 is 17.4. The molecule has 2 atom stereocenters. The molecule has 0 spiro atoms. The third-order valence-electron chi connectivity index (χ3n) is 6.24. The molecule has 1 aliphatic rings. The molecule has 0 N–H and O–H groups in total. The van der Waals surface area contributed by atoms with Gasteiger partial charge in [-0.15, -0.1) is 0 Å². The van der Waals surface area contributed by atoms with Gasteiger partial charge >= 0.3 is 5.97 Å². The molecule has 0 saturated carbocycles. The van der Waals surface area contributed by atoms with Crippen LogP contribution in [0.1, 0.15) is 83.3 Å². The lowest BCUT2D eigenvalue weighted by Gasteiger charge is -2.30. The minimum Gasteiger partial charge on any atom is -0.494 e. The second-order valence-corrected chi connectivity index (χ2v) is 9.47. The maximum absolute atomic E-state index is 12.2. The van der Waals surface area contributed by atoms with E-state index in [0.29, 0.717) is 24.7 Å². The summed E-state index contributed by atoms with van der Waals surface area (Å²) in [4.78, 5) is 12.2. The van der Waals surface area contributed by atoms with E-state index in [9.17, 15) is 4.79 Å². The SMILES string of the molecule is CCCC=CCCCCC(=O)OC[C@H]1CCC[C@@H](c2ccc(Cl)c(-c3ccc(OCC)cc3)c2)O1. The standard InChI is InChI=1S/C30H39ClO4/c1-3-5-6-7-8-9-10-14-30(32)34-22-26-12-11-13-29(35-26)24-17-20-28(31)27(21-24)23-15-18-25(19-16-23)33-4-2/h6-7,15-21,26,29H,3-5,8-14,22H2,1-2H3/t26-,29+/m1/s1. The zero-order valence-electron chi connectivity index (χ0n) is 21.1. The van der Waals surface area contributed by atoms with Crippen LogP contribution in [0.5, 0.6) is 5.75 Å². The summed E-state index contributed by atoms with van der Waals surface area (Å²) in [6.07, 6.45) is 12.9. The lowest BCUT2D eigenvalue weighted by atomic mass is 9.95. The van der Waals surface area contributed by atoms with Crippen LogP contribution in [0.15, 0.2) is 54.6 Å². The molecular formula is C30H39ClO4. The number of benzene rings is 2. The molecular weight excluding hydrogens is 460 g/mol. The van der Waals surface area contributed by atoms with Gasteiger partial charge in [-0.25, -0.2) is 0 Å². The lowest BCUT2D eigenvalue weighted by Crippen LogP contribution is -2.28. The molecule has 1 saturated heterocycles.